The number of ether oxygens (including phenoxy) is 2. The highest BCUT2D eigenvalue weighted by molar-refractivity contribution is 5.77. The van der Waals surface area contributed by atoms with Crippen molar-refractivity contribution in [1.29, 1.82) is 0 Å². The molecule has 2 aromatic rings. The van der Waals surface area contributed by atoms with E-state index in [0.29, 0.717) is 38.1 Å². The van der Waals surface area contributed by atoms with Crippen molar-refractivity contribution >= 4 is 5.91 Å². The Bertz CT molecular complexity index is 844. The fourth-order valence-electron chi connectivity index (χ4n) is 5.69. The number of aromatic nitrogens is 2. The molecule has 1 aliphatic carbocycles. The largest absolute Gasteiger partial charge is 0.381 e. The molecule has 1 saturated carbocycles. The van der Waals surface area contributed by atoms with Crippen molar-refractivity contribution in [2.75, 3.05) is 26.4 Å². The van der Waals surface area contributed by atoms with Crippen LogP contribution in [-0.4, -0.2) is 59.5 Å². The van der Waals surface area contributed by atoms with E-state index in [4.69, 9.17) is 9.47 Å². The second kappa shape index (κ2) is 10.2. The lowest BCUT2D eigenvalue weighted by molar-refractivity contribution is -0.143. The molecule has 2 aliphatic heterocycles. The van der Waals surface area contributed by atoms with Crippen LogP contribution in [0.3, 0.4) is 0 Å². The molecule has 3 aliphatic rings. The quantitative estimate of drug-likeness (QED) is 0.703. The number of likely N-dealkylation sites (tertiary alicyclic amines) is 1. The molecule has 2 saturated heterocycles. The van der Waals surface area contributed by atoms with Crippen LogP contribution >= 0.6 is 0 Å². The fraction of sp³-hybridized carbons (Fsp3) is 0.615. The standard InChI is InChI=1S/C26H35N3O3/c30-26(15-19-16-31-17-19)29-14-4-7-23(24-12-13-27-28-24)25(29)18-32-22-10-8-21(9-11-22)20-5-2-1-3-6-20/h1-3,5-6,12-13,19,21-23,25H,4,7-11,14-18H2,(H,27,28)/t21-,22+,23-,25+/m1/s1. The summed E-state index contributed by atoms with van der Waals surface area (Å²) in [5.74, 6) is 1.51. The van der Waals surface area contributed by atoms with Gasteiger partial charge in [0.2, 0.25) is 5.91 Å². The molecule has 6 nitrogen and oxygen atoms in total. The van der Waals surface area contributed by atoms with Crippen molar-refractivity contribution in [3.05, 3.63) is 53.9 Å². The van der Waals surface area contributed by atoms with Gasteiger partial charge in [0, 0.05) is 31.0 Å². The van der Waals surface area contributed by atoms with Crippen molar-refractivity contribution in [2.24, 2.45) is 5.92 Å². The van der Waals surface area contributed by atoms with Gasteiger partial charge < -0.3 is 14.4 Å². The van der Waals surface area contributed by atoms with Gasteiger partial charge in [0.15, 0.2) is 0 Å². The molecule has 32 heavy (non-hydrogen) atoms. The van der Waals surface area contributed by atoms with Crippen molar-refractivity contribution in [3.8, 4) is 0 Å². The van der Waals surface area contributed by atoms with E-state index in [-0.39, 0.29) is 24.0 Å². The number of hydrogen-bond acceptors (Lipinski definition) is 4. The first-order valence-electron chi connectivity index (χ1n) is 12.3. The summed E-state index contributed by atoms with van der Waals surface area (Å²) in [5, 5.41) is 7.43. The second-order valence-corrected chi connectivity index (χ2v) is 9.73. The summed E-state index contributed by atoms with van der Waals surface area (Å²) in [6, 6.07) is 13.0. The van der Waals surface area contributed by atoms with Crippen LogP contribution in [0.1, 0.15) is 68.0 Å². The molecule has 0 radical (unpaired) electrons. The molecule has 6 heteroatoms. The second-order valence-electron chi connectivity index (χ2n) is 9.73. The maximum absolute atomic E-state index is 13.2. The van der Waals surface area contributed by atoms with E-state index in [9.17, 15) is 4.79 Å². The van der Waals surface area contributed by atoms with E-state index >= 15 is 0 Å². The smallest absolute Gasteiger partial charge is 0.223 e. The van der Waals surface area contributed by atoms with E-state index in [0.717, 1.165) is 37.9 Å². The predicted octanol–water partition coefficient (Wildman–Crippen LogP) is 4.26. The van der Waals surface area contributed by atoms with Gasteiger partial charge in [-0.25, -0.2) is 0 Å². The van der Waals surface area contributed by atoms with Gasteiger partial charge in [0.05, 0.1) is 37.7 Å². The number of aromatic amines is 1. The number of rotatable bonds is 7. The van der Waals surface area contributed by atoms with Gasteiger partial charge in [-0.15, -0.1) is 0 Å². The van der Waals surface area contributed by atoms with Crippen LogP contribution < -0.4 is 0 Å². The number of carbonyl (C=O) groups is 1. The van der Waals surface area contributed by atoms with Crippen molar-refractivity contribution < 1.29 is 14.3 Å². The average molecular weight is 438 g/mol. The third kappa shape index (κ3) is 4.91. The highest BCUT2D eigenvalue weighted by Crippen LogP contribution is 2.36. The number of nitrogens with one attached hydrogen (secondary N) is 1. The molecule has 0 bridgehead atoms. The zero-order valence-electron chi connectivity index (χ0n) is 18.8. The Balaban J connectivity index is 1.21. The molecule has 1 aromatic carbocycles. The third-order valence-electron chi connectivity index (χ3n) is 7.62. The molecule has 3 fully saturated rings. The van der Waals surface area contributed by atoms with Gasteiger partial charge >= 0.3 is 0 Å². The van der Waals surface area contributed by atoms with E-state index in [2.05, 4.69) is 51.5 Å². The zero-order valence-corrected chi connectivity index (χ0v) is 18.8. The Kier molecular flexibility index (Phi) is 6.89. The van der Waals surface area contributed by atoms with Crippen LogP contribution in [0, 0.1) is 5.92 Å². The average Bonchev–Trinajstić information content (AvgIpc) is 3.35. The summed E-state index contributed by atoms with van der Waals surface area (Å²) < 4.78 is 11.8. The van der Waals surface area contributed by atoms with Crippen LogP contribution in [0.4, 0.5) is 0 Å². The lowest BCUT2D eigenvalue weighted by Crippen LogP contribution is -2.51. The summed E-state index contributed by atoms with van der Waals surface area (Å²) in [5.41, 5.74) is 2.50. The molecule has 1 N–H and O–H groups in total. The first kappa shape index (κ1) is 21.7. The Morgan fingerprint density at radius 2 is 1.91 bits per heavy atom. The molecular formula is C26H35N3O3. The Labute approximate surface area is 190 Å². The maximum atomic E-state index is 13.2. The highest BCUT2D eigenvalue weighted by Gasteiger charge is 2.38. The number of benzene rings is 1. The topological polar surface area (TPSA) is 67.5 Å². The molecule has 172 valence electrons. The van der Waals surface area contributed by atoms with Crippen molar-refractivity contribution in [1.82, 2.24) is 15.1 Å². The highest BCUT2D eigenvalue weighted by atomic mass is 16.5. The molecule has 5 rings (SSSR count). The van der Waals surface area contributed by atoms with Gasteiger partial charge in [-0.1, -0.05) is 30.3 Å². The normalized spacial score (nSPS) is 28.9. The van der Waals surface area contributed by atoms with Crippen molar-refractivity contribution in [3.63, 3.8) is 0 Å². The minimum Gasteiger partial charge on any atom is -0.381 e. The van der Waals surface area contributed by atoms with Crippen molar-refractivity contribution in [2.45, 2.75) is 68.9 Å². The number of nitrogens with zero attached hydrogens (tertiary/aromatic N) is 2. The Morgan fingerprint density at radius 3 is 2.59 bits per heavy atom. The molecule has 1 amide bonds. The SMILES string of the molecule is O=C(CC1COC1)N1CCC[C@H](c2cc[nH]n2)[C@@H]1CO[C@H]1CC[C@@H](c2ccccc2)CC1. The number of amides is 1. The lowest BCUT2D eigenvalue weighted by atomic mass is 9.82. The van der Waals surface area contributed by atoms with Crippen LogP contribution in [0.5, 0.6) is 0 Å². The molecular weight excluding hydrogens is 402 g/mol. The molecule has 3 heterocycles. The van der Waals surface area contributed by atoms with E-state index < -0.39 is 0 Å². The monoisotopic (exact) mass is 437 g/mol. The van der Waals surface area contributed by atoms with Crippen LogP contribution in [0.2, 0.25) is 0 Å². The number of hydrogen-bond donors (Lipinski definition) is 1. The number of H-pyrrole nitrogens is 1. The maximum Gasteiger partial charge on any atom is 0.223 e. The van der Waals surface area contributed by atoms with Gasteiger partial charge in [-0.3, -0.25) is 9.89 Å². The number of carbonyl (C=O) groups excluding carboxylic acids is 1. The Hall–Kier alpha value is -2.18. The van der Waals surface area contributed by atoms with E-state index in [1.165, 1.54) is 18.4 Å². The summed E-state index contributed by atoms with van der Waals surface area (Å²) >= 11 is 0. The molecule has 0 spiro atoms. The fourth-order valence-corrected chi connectivity index (χ4v) is 5.69. The lowest BCUT2D eigenvalue weighted by Gasteiger charge is -2.42. The first-order chi connectivity index (χ1) is 15.8. The predicted molar refractivity (Wildman–Crippen MR) is 122 cm³/mol. The zero-order chi connectivity index (χ0) is 21.8. The first-order valence-corrected chi connectivity index (χ1v) is 12.3. The molecule has 2 atom stereocenters. The van der Waals surface area contributed by atoms with E-state index in [1.54, 1.807) is 0 Å². The summed E-state index contributed by atoms with van der Waals surface area (Å²) in [7, 11) is 0. The van der Waals surface area contributed by atoms with Gasteiger partial charge in [-0.05, 0) is 56.1 Å². The van der Waals surface area contributed by atoms with Gasteiger partial charge in [0.25, 0.3) is 0 Å². The summed E-state index contributed by atoms with van der Waals surface area (Å²) in [4.78, 5) is 15.3. The van der Waals surface area contributed by atoms with Crippen LogP contribution in [-0.2, 0) is 14.3 Å². The minimum absolute atomic E-state index is 0.0624. The van der Waals surface area contributed by atoms with E-state index in [1.807, 2.05) is 6.20 Å². The number of piperidine rings is 1. The van der Waals surface area contributed by atoms with Crippen LogP contribution in [0.25, 0.3) is 0 Å². The molecule has 1 aromatic heterocycles. The third-order valence-corrected chi connectivity index (χ3v) is 7.62. The minimum atomic E-state index is 0.0624. The summed E-state index contributed by atoms with van der Waals surface area (Å²) in [6.07, 6.45) is 9.35. The van der Waals surface area contributed by atoms with Gasteiger partial charge in [-0.2, -0.15) is 5.10 Å². The Morgan fingerprint density at radius 1 is 1.09 bits per heavy atom. The van der Waals surface area contributed by atoms with Gasteiger partial charge in [0.1, 0.15) is 0 Å². The van der Waals surface area contributed by atoms with Crippen LogP contribution in [0.15, 0.2) is 42.6 Å². The summed E-state index contributed by atoms with van der Waals surface area (Å²) in [6.45, 7) is 2.86. The molecule has 0 unspecified atom stereocenters.